The summed E-state index contributed by atoms with van der Waals surface area (Å²) in [7, 11) is 0. The summed E-state index contributed by atoms with van der Waals surface area (Å²) in [6, 6.07) is 2.72. The van der Waals surface area contributed by atoms with Gasteiger partial charge in [0, 0.05) is 18.3 Å². The Morgan fingerprint density at radius 1 is 1.21 bits per heavy atom. The number of hydrogen-bond donors (Lipinski definition) is 0. The number of pyridine rings is 1. The summed E-state index contributed by atoms with van der Waals surface area (Å²) in [5.74, 6) is 0.454. The molecule has 2 bridgehead atoms. The van der Waals surface area contributed by atoms with Gasteiger partial charge < -0.3 is 4.90 Å². The molecule has 2 aliphatic rings. The molecule has 0 aromatic carbocycles. The van der Waals surface area contributed by atoms with Crippen molar-refractivity contribution in [1.29, 1.82) is 0 Å². The largest absolute Gasteiger partial charge is 0.416 e. The highest BCUT2D eigenvalue weighted by atomic mass is 19.4. The minimum atomic E-state index is -4.31. The highest BCUT2D eigenvalue weighted by Crippen LogP contribution is 2.41. The van der Waals surface area contributed by atoms with E-state index in [-0.39, 0.29) is 12.1 Å². The Labute approximate surface area is 109 Å². The molecule has 0 aliphatic carbocycles. The lowest BCUT2D eigenvalue weighted by Crippen LogP contribution is -2.41. The first-order valence-electron chi connectivity index (χ1n) is 6.43. The Hall–Kier alpha value is -1.52. The van der Waals surface area contributed by atoms with E-state index in [4.69, 9.17) is 0 Å². The summed E-state index contributed by atoms with van der Waals surface area (Å²) < 4.78 is 38.2. The molecule has 0 saturated carbocycles. The second kappa shape index (κ2) is 4.25. The molecule has 2 unspecified atom stereocenters. The first kappa shape index (κ1) is 12.5. The molecular formula is C14H15F3N2. The number of anilines is 1. The normalized spacial score (nSPS) is 26.9. The van der Waals surface area contributed by atoms with E-state index in [0.29, 0.717) is 5.82 Å². The minimum Gasteiger partial charge on any atom is -0.350 e. The Morgan fingerprint density at radius 3 is 2.42 bits per heavy atom. The van der Waals surface area contributed by atoms with E-state index in [1.54, 1.807) is 0 Å². The van der Waals surface area contributed by atoms with Crippen molar-refractivity contribution >= 4 is 5.82 Å². The molecule has 3 heterocycles. The van der Waals surface area contributed by atoms with E-state index < -0.39 is 11.7 Å². The molecule has 5 heteroatoms. The van der Waals surface area contributed by atoms with Crippen molar-refractivity contribution < 1.29 is 13.2 Å². The van der Waals surface area contributed by atoms with Crippen molar-refractivity contribution in [3.8, 4) is 0 Å². The summed E-state index contributed by atoms with van der Waals surface area (Å²) >= 11 is 0. The molecule has 0 spiro atoms. The van der Waals surface area contributed by atoms with E-state index >= 15 is 0 Å². The standard InChI is InChI=1S/C14H15F3N2/c1-9-6-11-2-3-12(7-9)19(11)13-8-10(4-5-18-13)14(15,16)17/h4-5,8,11-12H,1-3,6-7H2. The van der Waals surface area contributed by atoms with Gasteiger partial charge in [-0.3, -0.25) is 0 Å². The van der Waals surface area contributed by atoms with Crippen LogP contribution in [0.4, 0.5) is 19.0 Å². The van der Waals surface area contributed by atoms with Gasteiger partial charge in [0.25, 0.3) is 0 Å². The second-order valence-corrected chi connectivity index (χ2v) is 5.35. The maximum absolute atomic E-state index is 12.7. The Morgan fingerprint density at radius 2 is 1.84 bits per heavy atom. The van der Waals surface area contributed by atoms with Gasteiger partial charge in [-0.2, -0.15) is 13.2 Å². The molecular weight excluding hydrogens is 253 g/mol. The summed E-state index contributed by atoms with van der Waals surface area (Å²) in [6.45, 7) is 4.01. The highest BCUT2D eigenvalue weighted by molar-refractivity contribution is 5.47. The van der Waals surface area contributed by atoms with Crippen LogP contribution in [0, 0.1) is 0 Å². The van der Waals surface area contributed by atoms with Gasteiger partial charge in [0.1, 0.15) is 5.82 Å². The molecule has 0 amide bonds. The van der Waals surface area contributed by atoms with Crippen LogP contribution in [0.5, 0.6) is 0 Å². The number of rotatable bonds is 1. The predicted molar refractivity (Wildman–Crippen MR) is 66.9 cm³/mol. The van der Waals surface area contributed by atoms with Crippen LogP contribution in [0.1, 0.15) is 31.2 Å². The average molecular weight is 268 g/mol. The Bertz CT molecular complexity index is 494. The van der Waals surface area contributed by atoms with Crippen LogP contribution >= 0.6 is 0 Å². The van der Waals surface area contributed by atoms with Gasteiger partial charge >= 0.3 is 6.18 Å². The van der Waals surface area contributed by atoms with Crippen LogP contribution in [-0.4, -0.2) is 17.1 Å². The number of hydrogen-bond acceptors (Lipinski definition) is 2. The molecule has 0 N–H and O–H groups in total. The number of alkyl halides is 3. The molecule has 1 aromatic rings. The average Bonchev–Trinajstić information content (AvgIpc) is 2.61. The summed E-state index contributed by atoms with van der Waals surface area (Å²) in [6.07, 6.45) is 0.712. The van der Waals surface area contributed by atoms with Gasteiger partial charge in [-0.1, -0.05) is 12.2 Å². The third-order valence-electron chi connectivity index (χ3n) is 4.01. The fourth-order valence-electron chi connectivity index (χ4n) is 3.22. The van der Waals surface area contributed by atoms with E-state index in [1.807, 2.05) is 0 Å². The number of halogens is 3. The summed E-state index contributed by atoms with van der Waals surface area (Å²) in [5.41, 5.74) is 0.581. The van der Waals surface area contributed by atoms with Crippen LogP contribution in [0.25, 0.3) is 0 Å². The van der Waals surface area contributed by atoms with Gasteiger partial charge in [-0.15, -0.1) is 0 Å². The van der Waals surface area contributed by atoms with Gasteiger partial charge in [-0.25, -0.2) is 4.98 Å². The van der Waals surface area contributed by atoms with Gasteiger partial charge in [0.05, 0.1) is 5.56 Å². The second-order valence-electron chi connectivity index (χ2n) is 5.35. The van der Waals surface area contributed by atoms with Crippen molar-refractivity contribution in [3.63, 3.8) is 0 Å². The number of aromatic nitrogens is 1. The Kier molecular flexibility index (Phi) is 2.80. The molecule has 102 valence electrons. The monoisotopic (exact) mass is 268 g/mol. The van der Waals surface area contributed by atoms with Crippen molar-refractivity contribution in [2.75, 3.05) is 4.90 Å². The molecule has 2 saturated heterocycles. The van der Waals surface area contributed by atoms with Crippen LogP contribution in [0.15, 0.2) is 30.5 Å². The number of piperidine rings is 1. The van der Waals surface area contributed by atoms with Crippen molar-refractivity contribution in [1.82, 2.24) is 4.98 Å². The van der Waals surface area contributed by atoms with Crippen LogP contribution in [0.2, 0.25) is 0 Å². The van der Waals surface area contributed by atoms with E-state index in [2.05, 4.69) is 16.5 Å². The lowest BCUT2D eigenvalue weighted by Gasteiger charge is -2.37. The fraction of sp³-hybridized carbons (Fsp3) is 0.500. The molecule has 0 radical (unpaired) electrons. The zero-order chi connectivity index (χ0) is 13.6. The topological polar surface area (TPSA) is 16.1 Å². The molecule has 19 heavy (non-hydrogen) atoms. The minimum absolute atomic E-state index is 0.266. The molecule has 3 rings (SSSR count). The number of fused-ring (bicyclic) bond motifs is 2. The quantitative estimate of drug-likeness (QED) is 0.720. The van der Waals surface area contributed by atoms with E-state index in [0.717, 1.165) is 31.7 Å². The first-order valence-corrected chi connectivity index (χ1v) is 6.43. The molecule has 2 fully saturated rings. The summed E-state index contributed by atoms with van der Waals surface area (Å²) in [5, 5.41) is 0. The van der Waals surface area contributed by atoms with Gasteiger partial charge in [-0.05, 0) is 37.8 Å². The SMILES string of the molecule is C=C1CC2CCC(C1)N2c1cc(C(F)(F)F)ccn1. The van der Waals surface area contributed by atoms with E-state index in [9.17, 15) is 13.2 Å². The highest BCUT2D eigenvalue weighted by Gasteiger charge is 2.39. The van der Waals surface area contributed by atoms with Crippen LogP contribution in [0.3, 0.4) is 0 Å². The fourth-order valence-corrected chi connectivity index (χ4v) is 3.22. The van der Waals surface area contributed by atoms with Crippen molar-refractivity contribution in [2.24, 2.45) is 0 Å². The molecule has 1 aromatic heterocycles. The third kappa shape index (κ3) is 2.22. The lowest BCUT2D eigenvalue weighted by atomic mass is 9.98. The third-order valence-corrected chi connectivity index (χ3v) is 4.01. The Balaban J connectivity index is 1.93. The molecule has 2 aliphatic heterocycles. The van der Waals surface area contributed by atoms with Gasteiger partial charge in [0.2, 0.25) is 0 Å². The van der Waals surface area contributed by atoms with Crippen molar-refractivity contribution in [3.05, 3.63) is 36.0 Å². The zero-order valence-electron chi connectivity index (χ0n) is 10.5. The lowest BCUT2D eigenvalue weighted by molar-refractivity contribution is -0.137. The maximum Gasteiger partial charge on any atom is 0.416 e. The molecule has 2 atom stereocenters. The van der Waals surface area contributed by atoms with Gasteiger partial charge in [0.15, 0.2) is 0 Å². The first-order chi connectivity index (χ1) is 8.95. The summed E-state index contributed by atoms with van der Waals surface area (Å²) in [4.78, 5) is 6.20. The van der Waals surface area contributed by atoms with Crippen LogP contribution in [-0.2, 0) is 6.18 Å². The smallest absolute Gasteiger partial charge is 0.350 e. The predicted octanol–water partition coefficient (Wildman–Crippen LogP) is 3.79. The van der Waals surface area contributed by atoms with Crippen molar-refractivity contribution in [2.45, 2.75) is 43.9 Å². The maximum atomic E-state index is 12.7. The number of nitrogens with zero attached hydrogens (tertiary/aromatic N) is 2. The van der Waals surface area contributed by atoms with E-state index in [1.165, 1.54) is 17.8 Å². The van der Waals surface area contributed by atoms with Crippen LogP contribution < -0.4 is 4.90 Å². The zero-order valence-corrected chi connectivity index (χ0v) is 10.5. The molecule has 2 nitrogen and oxygen atoms in total.